The van der Waals surface area contributed by atoms with Crippen molar-refractivity contribution in [1.82, 2.24) is 0 Å². The number of nitrogens with one attached hydrogen (secondary N) is 1. The molecule has 1 aliphatic heterocycles. The second-order valence-corrected chi connectivity index (χ2v) is 5.93. The van der Waals surface area contributed by atoms with Gasteiger partial charge in [-0.1, -0.05) is 36.4 Å². The number of benzene rings is 2. The minimum absolute atomic E-state index is 0.613. The fraction of sp³-hybridized carbons (Fsp3) is 0.263. The van der Waals surface area contributed by atoms with Gasteiger partial charge in [-0.2, -0.15) is 0 Å². The van der Waals surface area contributed by atoms with E-state index in [1.165, 1.54) is 42.4 Å². The molecule has 0 fully saturated rings. The van der Waals surface area contributed by atoms with E-state index < -0.39 is 6.23 Å². The molecule has 106 valence electrons. The van der Waals surface area contributed by atoms with E-state index in [2.05, 4.69) is 35.7 Å². The third-order valence-corrected chi connectivity index (χ3v) is 4.52. The van der Waals surface area contributed by atoms with Gasteiger partial charge >= 0.3 is 0 Å². The Morgan fingerprint density at radius 1 is 1.00 bits per heavy atom. The van der Waals surface area contributed by atoms with Crippen molar-refractivity contribution >= 4 is 17.3 Å². The number of hydrogen-bond donors (Lipinski definition) is 2. The molecule has 2 aromatic carbocycles. The van der Waals surface area contributed by atoms with E-state index >= 15 is 0 Å². The van der Waals surface area contributed by atoms with Crippen LogP contribution >= 0.6 is 0 Å². The summed E-state index contributed by atoms with van der Waals surface area (Å²) in [5.74, 6) is 0. The lowest BCUT2D eigenvalue weighted by molar-refractivity contribution is 0.266. The zero-order chi connectivity index (χ0) is 14.2. The number of hydrogen-bond acceptors (Lipinski definition) is 2. The van der Waals surface area contributed by atoms with E-state index in [0.717, 1.165) is 16.8 Å². The van der Waals surface area contributed by atoms with Crippen LogP contribution in [-0.4, -0.2) is 11.3 Å². The van der Waals surface area contributed by atoms with Crippen LogP contribution in [0.3, 0.4) is 0 Å². The number of anilines is 1. The highest BCUT2D eigenvalue weighted by Crippen LogP contribution is 2.35. The topological polar surface area (TPSA) is 32.3 Å². The fourth-order valence-corrected chi connectivity index (χ4v) is 3.41. The van der Waals surface area contributed by atoms with Crippen molar-refractivity contribution in [3.05, 3.63) is 64.7 Å². The van der Waals surface area contributed by atoms with Crippen LogP contribution in [0.1, 0.15) is 35.1 Å². The second-order valence-electron chi connectivity index (χ2n) is 5.93. The van der Waals surface area contributed by atoms with Gasteiger partial charge in [0.25, 0.3) is 0 Å². The van der Waals surface area contributed by atoms with Gasteiger partial charge in [-0.25, -0.2) is 0 Å². The molecule has 4 rings (SSSR count). The predicted molar refractivity (Wildman–Crippen MR) is 87.0 cm³/mol. The lowest BCUT2D eigenvalue weighted by atomic mass is 9.90. The summed E-state index contributed by atoms with van der Waals surface area (Å²) in [7, 11) is 0. The number of aryl methyl sites for hydroxylation is 2. The van der Waals surface area contributed by atoms with Crippen molar-refractivity contribution in [1.29, 1.82) is 0 Å². The van der Waals surface area contributed by atoms with Crippen LogP contribution < -0.4 is 5.32 Å². The molecule has 1 unspecified atom stereocenters. The summed E-state index contributed by atoms with van der Waals surface area (Å²) in [5.41, 5.74) is 7.22. The van der Waals surface area contributed by atoms with Crippen LogP contribution in [0.15, 0.2) is 42.5 Å². The maximum Gasteiger partial charge on any atom is 0.151 e. The molecule has 2 aliphatic rings. The molecule has 1 aliphatic carbocycles. The van der Waals surface area contributed by atoms with Gasteiger partial charge in [-0.15, -0.1) is 0 Å². The van der Waals surface area contributed by atoms with Gasteiger partial charge < -0.3 is 10.4 Å². The summed E-state index contributed by atoms with van der Waals surface area (Å²) in [4.78, 5) is 0. The van der Waals surface area contributed by atoms with Crippen LogP contribution in [0.25, 0.3) is 11.6 Å². The molecular weight excluding hydrogens is 258 g/mol. The molecule has 2 aromatic rings. The number of rotatable bonds is 1. The van der Waals surface area contributed by atoms with E-state index in [9.17, 15) is 5.11 Å². The Bertz CT molecular complexity index is 717. The highest BCUT2D eigenvalue weighted by atomic mass is 16.3. The van der Waals surface area contributed by atoms with Crippen LogP contribution in [0.2, 0.25) is 0 Å². The number of aliphatic hydroxyl groups excluding tert-OH is 1. The fourth-order valence-electron chi connectivity index (χ4n) is 3.41. The lowest BCUT2D eigenvalue weighted by Crippen LogP contribution is -2.12. The Morgan fingerprint density at radius 3 is 2.71 bits per heavy atom. The number of fused-ring (bicyclic) bond motifs is 2. The zero-order valence-electron chi connectivity index (χ0n) is 12.0. The summed E-state index contributed by atoms with van der Waals surface area (Å²) in [6, 6.07) is 14.8. The molecule has 2 N–H and O–H groups in total. The molecule has 0 radical (unpaired) electrons. The van der Waals surface area contributed by atoms with Crippen molar-refractivity contribution in [3.63, 3.8) is 0 Å². The van der Waals surface area contributed by atoms with E-state index in [0.29, 0.717) is 0 Å². The first-order chi connectivity index (χ1) is 10.3. The summed E-state index contributed by atoms with van der Waals surface area (Å²) >= 11 is 0. The van der Waals surface area contributed by atoms with E-state index in [-0.39, 0.29) is 0 Å². The maximum atomic E-state index is 10.2. The monoisotopic (exact) mass is 277 g/mol. The van der Waals surface area contributed by atoms with Gasteiger partial charge in [0.2, 0.25) is 0 Å². The first-order valence-corrected chi connectivity index (χ1v) is 7.69. The average Bonchev–Trinajstić information content (AvgIpc) is 2.83. The van der Waals surface area contributed by atoms with Crippen LogP contribution in [0.5, 0.6) is 0 Å². The van der Waals surface area contributed by atoms with Crippen LogP contribution in [-0.2, 0) is 12.8 Å². The minimum Gasteiger partial charge on any atom is -0.369 e. The molecule has 2 heteroatoms. The molecule has 0 saturated carbocycles. The van der Waals surface area contributed by atoms with E-state index in [1.807, 2.05) is 18.2 Å². The van der Waals surface area contributed by atoms with Gasteiger partial charge in [0, 0.05) is 16.8 Å². The second kappa shape index (κ2) is 5.05. The Kier molecular flexibility index (Phi) is 3.04. The van der Waals surface area contributed by atoms with Crippen molar-refractivity contribution in [2.24, 2.45) is 0 Å². The van der Waals surface area contributed by atoms with Crippen molar-refractivity contribution in [2.45, 2.75) is 31.9 Å². The molecule has 0 amide bonds. The molecule has 1 atom stereocenters. The number of aliphatic hydroxyl groups is 1. The highest BCUT2D eigenvalue weighted by Gasteiger charge is 2.23. The Morgan fingerprint density at radius 2 is 1.81 bits per heavy atom. The third-order valence-electron chi connectivity index (χ3n) is 4.52. The Labute approximate surface area is 125 Å². The van der Waals surface area contributed by atoms with E-state index in [4.69, 9.17) is 0 Å². The minimum atomic E-state index is -0.613. The van der Waals surface area contributed by atoms with Crippen LogP contribution in [0, 0.1) is 0 Å². The van der Waals surface area contributed by atoms with Crippen molar-refractivity contribution in [2.75, 3.05) is 5.32 Å². The Hall–Kier alpha value is -2.06. The van der Waals surface area contributed by atoms with Gasteiger partial charge in [-0.05, 0) is 54.5 Å². The van der Waals surface area contributed by atoms with Crippen molar-refractivity contribution in [3.8, 4) is 0 Å². The quantitative estimate of drug-likeness (QED) is 0.830. The Balaban J connectivity index is 1.74. The summed E-state index contributed by atoms with van der Waals surface area (Å²) < 4.78 is 0. The summed E-state index contributed by atoms with van der Waals surface area (Å²) in [6.07, 6.45) is 6.49. The van der Waals surface area contributed by atoms with Crippen molar-refractivity contribution < 1.29 is 5.11 Å². The maximum absolute atomic E-state index is 10.2. The molecule has 0 bridgehead atoms. The SMILES string of the molecule is OC1Nc2ccccc2C1=Cc1ccc2c(c1)CCCC2. The molecule has 0 aromatic heterocycles. The highest BCUT2D eigenvalue weighted by molar-refractivity contribution is 5.94. The normalized spacial score (nSPS) is 21.8. The predicted octanol–water partition coefficient (Wildman–Crippen LogP) is 3.85. The third kappa shape index (κ3) is 2.26. The van der Waals surface area contributed by atoms with Gasteiger partial charge in [-0.3, -0.25) is 0 Å². The van der Waals surface area contributed by atoms with Crippen LogP contribution in [0.4, 0.5) is 5.69 Å². The first-order valence-electron chi connectivity index (χ1n) is 7.69. The smallest absolute Gasteiger partial charge is 0.151 e. The first kappa shape index (κ1) is 12.7. The molecule has 1 heterocycles. The molecule has 0 saturated heterocycles. The molecule has 0 spiro atoms. The zero-order valence-corrected chi connectivity index (χ0v) is 12.0. The van der Waals surface area contributed by atoms with Gasteiger partial charge in [0.1, 0.15) is 0 Å². The summed E-state index contributed by atoms with van der Waals surface area (Å²) in [6.45, 7) is 0. The standard InChI is InChI=1S/C19H19NO/c21-19-17(16-7-3-4-8-18(16)20-19)12-13-9-10-14-5-1-2-6-15(14)11-13/h3-4,7-12,19-21H,1-2,5-6H2. The summed E-state index contributed by atoms with van der Waals surface area (Å²) in [5, 5.41) is 13.3. The molecular formula is C19H19NO. The lowest BCUT2D eigenvalue weighted by Gasteiger charge is -2.16. The average molecular weight is 277 g/mol. The molecule has 2 nitrogen and oxygen atoms in total. The van der Waals surface area contributed by atoms with Gasteiger partial charge in [0.05, 0.1) is 0 Å². The molecule has 21 heavy (non-hydrogen) atoms. The number of para-hydroxylation sites is 1. The largest absolute Gasteiger partial charge is 0.369 e. The van der Waals surface area contributed by atoms with Gasteiger partial charge in [0.15, 0.2) is 6.23 Å². The van der Waals surface area contributed by atoms with E-state index in [1.54, 1.807) is 0 Å².